The summed E-state index contributed by atoms with van der Waals surface area (Å²) in [7, 11) is 1.44. The fraction of sp³-hybridized carbons (Fsp3) is 0.258. The molecular weight excluding hydrogens is 577 g/mol. The van der Waals surface area contributed by atoms with Crippen LogP contribution in [0.5, 0.6) is 0 Å². The van der Waals surface area contributed by atoms with E-state index in [2.05, 4.69) is 15.6 Å². The van der Waals surface area contributed by atoms with Crippen molar-refractivity contribution in [1.82, 2.24) is 14.1 Å². The summed E-state index contributed by atoms with van der Waals surface area (Å²) in [5.41, 5.74) is 1.18. The van der Waals surface area contributed by atoms with Gasteiger partial charge in [-0.15, -0.1) is 0 Å². The zero-order valence-corrected chi connectivity index (χ0v) is 24.1. The first-order valence-corrected chi connectivity index (χ1v) is 14.0. The smallest absolute Gasteiger partial charge is 0.331 e. The van der Waals surface area contributed by atoms with Crippen LogP contribution in [0.2, 0.25) is 5.02 Å². The number of hydrogen-bond donors (Lipinski definition) is 2. The summed E-state index contributed by atoms with van der Waals surface area (Å²) in [4.78, 5) is 57.3. The van der Waals surface area contributed by atoms with Crippen molar-refractivity contribution in [3.8, 4) is 11.1 Å². The van der Waals surface area contributed by atoms with Gasteiger partial charge in [-0.3, -0.25) is 23.5 Å². The molecule has 2 amide bonds. The van der Waals surface area contributed by atoms with Crippen LogP contribution < -0.4 is 21.9 Å². The lowest BCUT2D eigenvalue weighted by atomic mass is 9.79. The molecule has 6 rings (SSSR count). The van der Waals surface area contributed by atoms with E-state index < -0.39 is 41.0 Å². The standard InChI is InChI=1S/C31H27ClFN5O5/c1-17(16-43-2)38-28(40)22(21-5-3-7-24(33)26(21)32)14-37(30(38)42)15-25(39)35-20-9-8-18-12-31(13-19(18)11-20)23-6-4-10-34-27(23)36-29(31)41/h3-11,14,17H,12-13,15-16H2,1-2H3,(H,35,39)(H,34,36,41)/t17-,31-/m1/s1. The second-order valence-corrected chi connectivity index (χ2v) is 11.2. The summed E-state index contributed by atoms with van der Waals surface area (Å²) >= 11 is 6.18. The number of rotatable bonds is 7. The lowest BCUT2D eigenvalue weighted by molar-refractivity contribution is -0.120. The van der Waals surface area contributed by atoms with E-state index >= 15 is 0 Å². The molecule has 2 N–H and O–H groups in total. The number of nitrogens with one attached hydrogen (secondary N) is 2. The highest BCUT2D eigenvalue weighted by molar-refractivity contribution is 6.33. The van der Waals surface area contributed by atoms with Crippen LogP contribution in [0.1, 0.15) is 29.7 Å². The van der Waals surface area contributed by atoms with E-state index in [-0.39, 0.29) is 28.7 Å². The van der Waals surface area contributed by atoms with Gasteiger partial charge in [-0.2, -0.15) is 0 Å². The molecule has 220 valence electrons. The number of amides is 2. The van der Waals surface area contributed by atoms with Gasteiger partial charge in [-0.1, -0.05) is 35.9 Å². The molecule has 43 heavy (non-hydrogen) atoms. The Morgan fingerprint density at radius 1 is 1.14 bits per heavy atom. The van der Waals surface area contributed by atoms with E-state index in [1.807, 2.05) is 24.3 Å². The number of carbonyl (C=O) groups is 2. The predicted octanol–water partition coefficient (Wildman–Crippen LogP) is 3.70. The first kappa shape index (κ1) is 28.5. The fourth-order valence-corrected chi connectivity index (χ4v) is 6.26. The number of benzene rings is 2. The third-order valence-electron chi connectivity index (χ3n) is 8.05. The van der Waals surface area contributed by atoms with Gasteiger partial charge in [0.25, 0.3) is 5.56 Å². The van der Waals surface area contributed by atoms with E-state index in [4.69, 9.17) is 16.3 Å². The number of halogens is 2. The minimum atomic E-state index is -0.747. The van der Waals surface area contributed by atoms with Gasteiger partial charge in [0.05, 0.1) is 28.6 Å². The maximum atomic E-state index is 14.3. The van der Waals surface area contributed by atoms with E-state index in [0.717, 1.165) is 31.9 Å². The molecule has 1 aliphatic heterocycles. The van der Waals surface area contributed by atoms with Crippen LogP contribution in [0, 0.1) is 5.82 Å². The number of anilines is 2. The molecule has 2 aromatic carbocycles. The van der Waals surface area contributed by atoms with Crippen molar-refractivity contribution >= 4 is 34.9 Å². The van der Waals surface area contributed by atoms with Crippen LogP contribution in [0.25, 0.3) is 11.1 Å². The van der Waals surface area contributed by atoms with Crippen molar-refractivity contribution in [3.63, 3.8) is 0 Å². The number of pyridine rings is 1. The third-order valence-corrected chi connectivity index (χ3v) is 8.44. The molecule has 2 aromatic heterocycles. The van der Waals surface area contributed by atoms with Crippen molar-refractivity contribution in [2.45, 2.75) is 37.8 Å². The Hall–Kier alpha value is -4.61. The molecule has 0 bridgehead atoms. The van der Waals surface area contributed by atoms with Gasteiger partial charge in [0, 0.05) is 36.3 Å². The Morgan fingerprint density at radius 3 is 2.72 bits per heavy atom. The van der Waals surface area contributed by atoms with Gasteiger partial charge in [-0.05, 0) is 55.2 Å². The monoisotopic (exact) mass is 603 g/mol. The maximum Gasteiger partial charge on any atom is 0.331 e. The van der Waals surface area contributed by atoms with Crippen molar-refractivity contribution < 1.29 is 18.7 Å². The minimum absolute atomic E-state index is 0.0349. The van der Waals surface area contributed by atoms with Crippen molar-refractivity contribution in [2.24, 2.45) is 0 Å². The van der Waals surface area contributed by atoms with Crippen molar-refractivity contribution in [2.75, 3.05) is 24.4 Å². The summed E-state index contributed by atoms with van der Waals surface area (Å²) in [6, 6.07) is 12.5. The highest BCUT2D eigenvalue weighted by Crippen LogP contribution is 2.46. The summed E-state index contributed by atoms with van der Waals surface area (Å²) in [5, 5.41) is 5.42. The molecule has 0 unspecified atom stereocenters. The molecular formula is C31H27ClFN5O5. The molecule has 2 aliphatic rings. The van der Waals surface area contributed by atoms with Gasteiger partial charge < -0.3 is 15.4 Å². The highest BCUT2D eigenvalue weighted by Gasteiger charge is 2.51. The van der Waals surface area contributed by atoms with Gasteiger partial charge in [-0.25, -0.2) is 14.2 Å². The average Bonchev–Trinajstić information content (AvgIpc) is 3.49. The lowest BCUT2D eigenvalue weighted by Crippen LogP contribution is -2.44. The third kappa shape index (κ3) is 4.84. The van der Waals surface area contributed by atoms with Gasteiger partial charge in [0.2, 0.25) is 11.8 Å². The molecule has 1 aliphatic carbocycles. The van der Waals surface area contributed by atoms with Crippen LogP contribution in [0.4, 0.5) is 15.9 Å². The molecule has 0 saturated carbocycles. The summed E-state index contributed by atoms with van der Waals surface area (Å²) in [6.07, 6.45) is 3.83. The second-order valence-electron chi connectivity index (χ2n) is 10.9. The van der Waals surface area contributed by atoms with Crippen LogP contribution in [-0.4, -0.2) is 39.6 Å². The van der Waals surface area contributed by atoms with Gasteiger partial charge in [0.15, 0.2) is 0 Å². The molecule has 10 nitrogen and oxygen atoms in total. The molecule has 4 aromatic rings. The SMILES string of the molecule is COC[C@@H](C)n1c(=O)c(-c2cccc(F)c2Cl)cn(CC(=O)Nc2ccc3c(c2)C[C@@]2(C3)C(=O)Nc3ncccc32)c1=O. The van der Waals surface area contributed by atoms with Crippen LogP contribution in [-0.2, 0) is 39.1 Å². The Kier molecular flexibility index (Phi) is 7.23. The highest BCUT2D eigenvalue weighted by atomic mass is 35.5. The summed E-state index contributed by atoms with van der Waals surface area (Å²) in [5.74, 6) is -0.781. The number of carbonyl (C=O) groups excluding carboxylic acids is 2. The van der Waals surface area contributed by atoms with E-state index in [9.17, 15) is 23.6 Å². The number of nitrogens with zero attached hydrogens (tertiary/aromatic N) is 3. The van der Waals surface area contributed by atoms with E-state index in [1.165, 1.54) is 25.4 Å². The number of fused-ring (bicyclic) bond motifs is 3. The minimum Gasteiger partial charge on any atom is -0.383 e. The molecule has 0 radical (unpaired) electrons. The zero-order chi connectivity index (χ0) is 30.5. The molecule has 12 heteroatoms. The summed E-state index contributed by atoms with van der Waals surface area (Å²) in [6.45, 7) is 1.25. The summed E-state index contributed by atoms with van der Waals surface area (Å²) < 4.78 is 21.5. The molecule has 0 fully saturated rings. The lowest BCUT2D eigenvalue weighted by Gasteiger charge is -2.20. The number of aromatic nitrogens is 3. The molecule has 3 heterocycles. The number of ether oxygens (including phenoxy) is 1. The second kappa shape index (κ2) is 10.9. The van der Waals surface area contributed by atoms with Gasteiger partial charge >= 0.3 is 5.69 Å². The Morgan fingerprint density at radius 2 is 1.93 bits per heavy atom. The molecule has 2 atom stereocenters. The predicted molar refractivity (Wildman–Crippen MR) is 159 cm³/mol. The quantitative estimate of drug-likeness (QED) is 0.332. The van der Waals surface area contributed by atoms with Crippen molar-refractivity contribution in [3.05, 3.63) is 109 Å². The topological polar surface area (TPSA) is 124 Å². The van der Waals surface area contributed by atoms with Crippen molar-refractivity contribution in [1.29, 1.82) is 0 Å². The fourth-order valence-electron chi connectivity index (χ4n) is 6.04. The normalized spacial score (nSPS) is 17.4. The van der Waals surface area contributed by atoms with Crippen LogP contribution in [0.15, 0.2) is 70.5 Å². The Bertz CT molecular complexity index is 1920. The van der Waals surface area contributed by atoms with Crippen LogP contribution >= 0.6 is 11.6 Å². The number of hydrogen-bond acceptors (Lipinski definition) is 6. The molecule has 1 spiro atoms. The van der Waals surface area contributed by atoms with Crippen LogP contribution in [0.3, 0.4) is 0 Å². The number of methoxy groups -OCH3 is 1. The first-order chi connectivity index (χ1) is 20.6. The van der Waals surface area contributed by atoms with E-state index in [0.29, 0.717) is 24.3 Å². The zero-order valence-electron chi connectivity index (χ0n) is 23.3. The first-order valence-electron chi connectivity index (χ1n) is 13.6. The maximum absolute atomic E-state index is 14.3. The van der Waals surface area contributed by atoms with Gasteiger partial charge in [0.1, 0.15) is 18.2 Å². The largest absolute Gasteiger partial charge is 0.383 e. The molecule has 0 saturated heterocycles. The Labute approximate surface area is 250 Å². The average molecular weight is 604 g/mol. The Balaban J connectivity index is 1.29. The van der Waals surface area contributed by atoms with E-state index in [1.54, 1.807) is 19.2 Å².